The Labute approximate surface area is 269 Å². The van der Waals surface area contributed by atoms with Gasteiger partial charge in [0.1, 0.15) is 11.3 Å². The van der Waals surface area contributed by atoms with Crippen molar-refractivity contribution >= 4 is 74.8 Å². The molecule has 0 fully saturated rings. The Balaban J connectivity index is 1.30. The van der Waals surface area contributed by atoms with E-state index in [2.05, 4.69) is 152 Å². The van der Waals surface area contributed by atoms with Gasteiger partial charge in [-0.2, -0.15) is 0 Å². The smallest absolute Gasteiger partial charge is 0.144 e. The number of hydrogen-bond acceptors (Lipinski definition) is 2. The highest BCUT2D eigenvalue weighted by Crippen LogP contribution is 2.49. The van der Waals surface area contributed by atoms with Crippen LogP contribution in [0.1, 0.15) is 0 Å². The van der Waals surface area contributed by atoms with Crippen LogP contribution in [0, 0.1) is 0 Å². The summed E-state index contributed by atoms with van der Waals surface area (Å²) in [5.74, 6) is 0.902. The molecule has 2 aromatic heterocycles. The monoisotopic (exact) mass is 602 g/mol. The minimum Gasteiger partial charge on any atom is -0.455 e. The van der Waals surface area contributed by atoms with E-state index in [-0.39, 0.29) is 0 Å². The molecule has 0 aliphatic carbocycles. The van der Waals surface area contributed by atoms with Gasteiger partial charge in [0.25, 0.3) is 0 Å². The van der Waals surface area contributed by atoms with E-state index in [9.17, 15) is 0 Å². The fourth-order valence-electron chi connectivity index (χ4n) is 7.47. The molecule has 214 valence electrons. The van der Waals surface area contributed by atoms with Crippen LogP contribution in [0.5, 0.6) is 0 Å². The second-order valence-electron chi connectivity index (χ2n) is 12.0. The molecule has 0 saturated heterocycles. The fraction of sp³-hybridized carbons (Fsp3) is 0. The molecule has 2 heterocycles. The third-order valence-corrected chi connectivity index (χ3v) is 10.7. The van der Waals surface area contributed by atoms with E-state index < -0.39 is 0 Å². The Kier molecular flexibility index (Phi) is 5.51. The quantitative estimate of drug-likeness (QED) is 0.183. The average Bonchev–Trinajstić information content (AvgIpc) is 3.73. The van der Waals surface area contributed by atoms with Gasteiger partial charge in [-0.3, -0.25) is 0 Å². The molecule has 0 N–H and O–H groups in total. The maximum Gasteiger partial charge on any atom is 0.144 e. The Morgan fingerprint density at radius 1 is 0.413 bits per heavy atom. The molecule has 46 heavy (non-hydrogen) atoms. The summed E-state index contributed by atoms with van der Waals surface area (Å²) in [5.41, 5.74) is 7.16. The Morgan fingerprint density at radius 2 is 0.978 bits per heavy atom. The van der Waals surface area contributed by atoms with Crippen LogP contribution in [-0.2, 0) is 0 Å². The predicted octanol–water partition coefficient (Wildman–Crippen LogP) is 13.3. The van der Waals surface area contributed by atoms with E-state index in [1.165, 1.54) is 74.7 Å². The highest BCUT2D eigenvalue weighted by atomic mass is 32.1. The predicted molar refractivity (Wildman–Crippen MR) is 198 cm³/mol. The summed E-state index contributed by atoms with van der Waals surface area (Å²) >= 11 is 1.86. The highest BCUT2D eigenvalue weighted by Gasteiger charge is 2.21. The molecule has 0 aliphatic heterocycles. The van der Waals surface area contributed by atoms with Gasteiger partial charge < -0.3 is 4.42 Å². The maximum absolute atomic E-state index is 6.63. The summed E-state index contributed by atoms with van der Waals surface area (Å²) in [6, 6.07) is 57.1. The zero-order valence-corrected chi connectivity index (χ0v) is 25.6. The third kappa shape index (κ3) is 3.68. The van der Waals surface area contributed by atoms with E-state index in [1.54, 1.807) is 0 Å². The van der Waals surface area contributed by atoms with Gasteiger partial charge in [0.05, 0.1) is 0 Å². The van der Waals surface area contributed by atoms with E-state index >= 15 is 0 Å². The van der Waals surface area contributed by atoms with E-state index in [0.29, 0.717) is 0 Å². The number of thiophene rings is 1. The second-order valence-corrected chi connectivity index (χ2v) is 13.0. The van der Waals surface area contributed by atoms with Crippen molar-refractivity contribution in [2.24, 2.45) is 0 Å². The third-order valence-electron chi connectivity index (χ3n) is 9.46. The lowest BCUT2D eigenvalue weighted by Crippen LogP contribution is -1.91. The number of benzene rings is 8. The lowest BCUT2D eigenvalue weighted by molar-refractivity contribution is 0.635. The van der Waals surface area contributed by atoms with E-state index in [4.69, 9.17) is 4.42 Å². The molecule has 0 atom stereocenters. The first-order valence-corrected chi connectivity index (χ1v) is 16.5. The molecule has 2 heteroatoms. The molecular weight excluding hydrogens is 577 g/mol. The van der Waals surface area contributed by atoms with Gasteiger partial charge in [-0.05, 0) is 67.2 Å². The number of fused-ring (bicyclic) bond motifs is 8. The van der Waals surface area contributed by atoms with Crippen molar-refractivity contribution in [3.05, 3.63) is 158 Å². The lowest BCUT2D eigenvalue weighted by atomic mass is 9.84. The van der Waals surface area contributed by atoms with Gasteiger partial charge in [0, 0.05) is 36.7 Å². The van der Waals surface area contributed by atoms with Gasteiger partial charge >= 0.3 is 0 Å². The number of hydrogen-bond donors (Lipinski definition) is 0. The van der Waals surface area contributed by atoms with Crippen LogP contribution in [0.3, 0.4) is 0 Å². The van der Waals surface area contributed by atoms with E-state index in [0.717, 1.165) is 22.3 Å². The summed E-state index contributed by atoms with van der Waals surface area (Å²) in [5, 5.41) is 11.2. The Bertz CT molecular complexity index is 2740. The lowest BCUT2D eigenvalue weighted by Gasteiger charge is -2.19. The van der Waals surface area contributed by atoms with Crippen molar-refractivity contribution in [2.75, 3.05) is 0 Å². The molecule has 0 amide bonds. The number of furan rings is 1. The Morgan fingerprint density at radius 3 is 1.72 bits per heavy atom. The van der Waals surface area contributed by atoms with Gasteiger partial charge in [-0.15, -0.1) is 11.3 Å². The molecule has 0 spiro atoms. The fourth-order valence-corrected chi connectivity index (χ4v) is 8.69. The molecule has 0 bridgehead atoms. The van der Waals surface area contributed by atoms with Gasteiger partial charge in [-0.1, -0.05) is 140 Å². The molecule has 10 rings (SSSR count). The molecule has 8 aromatic carbocycles. The molecule has 0 radical (unpaired) electrons. The number of rotatable bonds is 3. The molecule has 10 aromatic rings. The molecular formula is C44H26OS. The van der Waals surface area contributed by atoms with Crippen molar-refractivity contribution in [1.82, 2.24) is 0 Å². The van der Waals surface area contributed by atoms with Crippen LogP contribution in [0.2, 0.25) is 0 Å². The molecule has 0 unspecified atom stereocenters. The summed E-state index contributed by atoms with van der Waals surface area (Å²) in [6.45, 7) is 0. The minimum atomic E-state index is 0.902. The largest absolute Gasteiger partial charge is 0.455 e. The van der Waals surface area contributed by atoms with Crippen molar-refractivity contribution in [3.8, 4) is 33.6 Å². The normalized spacial score (nSPS) is 11.9. The van der Waals surface area contributed by atoms with Crippen LogP contribution in [0.15, 0.2) is 162 Å². The van der Waals surface area contributed by atoms with Crippen LogP contribution in [-0.4, -0.2) is 0 Å². The zero-order valence-electron chi connectivity index (χ0n) is 24.8. The van der Waals surface area contributed by atoms with Crippen LogP contribution in [0.25, 0.3) is 97.0 Å². The zero-order chi connectivity index (χ0) is 30.2. The summed E-state index contributed by atoms with van der Waals surface area (Å²) in [6.07, 6.45) is 0. The van der Waals surface area contributed by atoms with Crippen molar-refractivity contribution in [1.29, 1.82) is 0 Å². The first-order chi connectivity index (χ1) is 22.8. The molecule has 1 nitrogen and oxygen atoms in total. The van der Waals surface area contributed by atoms with Crippen LogP contribution < -0.4 is 0 Å². The minimum absolute atomic E-state index is 0.902. The standard InChI is InChI=1S/C44H26OS/c1-2-13-28(14-3-1)38-26-29-24-25-39-42(43(29)45-38)37-23-11-22-36(44(37)46-39)41-34-19-8-6-17-32(34)40(33-18-7-9-20-35(33)41)31-21-10-15-27-12-4-5-16-30(27)31/h1-26H. The highest BCUT2D eigenvalue weighted by molar-refractivity contribution is 7.26. The van der Waals surface area contributed by atoms with Crippen LogP contribution >= 0.6 is 11.3 Å². The SMILES string of the molecule is c1ccc(-c2cc3ccc4sc5c(-c6c7ccccc7c(-c7cccc8ccccc78)c7ccccc67)cccc5c4c3o2)cc1. The van der Waals surface area contributed by atoms with Gasteiger partial charge in [0.2, 0.25) is 0 Å². The first kappa shape index (κ1) is 25.6. The summed E-state index contributed by atoms with van der Waals surface area (Å²) in [7, 11) is 0. The molecule has 0 aliphatic rings. The molecule has 0 saturated carbocycles. The first-order valence-electron chi connectivity index (χ1n) is 15.7. The van der Waals surface area contributed by atoms with E-state index in [1.807, 2.05) is 17.4 Å². The van der Waals surface area contributed by atoms with Crippen molar-refractivity contribution in [3.63, 3.8) is 0 Å². The van der Waals surface area contributed by atoms with Crippen LogP contribution in [0.4, 0.5) is 0 Å². The second kappa shape index (κ2) is 9.90. The topological polar surface area (TPSA) is 13.1 Å². The summed E-state index contributed by atoms with van der Waals surface area (Å²) in [4.78, 5) is 0. The average molecular weight is 603 g/mol. The van der Waals surface area contributed by atoms with Gasteiger partial charge in [-0.25, -0.2) is 0 Å². The summed E-state index contributed by atoms with van der Waals surface area (Å²) < 4.78 is 9.15. The van der Waals surface area contributed by atoms with Crippen molar-refractivity contribution in [2.45, 2.75) is 0 Å². The maximum atomic E-state index is 6.63. The Hall–Kier alpha value is -5.70. The van der Waals surface area contributed by atoms with Crippen molar-refractivity contribution < 1.29 is 4.42 Å². The van der Waals surface area contributed by atoms with Gasteiger partial charge in [0.15, 0.2) is 0 Å².